The molecule has 44 heavy (non-hydrogen) atoms. The Morgan fingerprint density at radius 2 is 1.20 bits per heavy atom. The predicted octanol–water partition coefficient (Wildman–Crippen LogP) is 6.77. The highest BCUT2D eigenvalue weighted by Gasteiger charge is 2.18. The first-order chi connectivity index (χ1) is 21.4. The first kappa shape index (κ1) is 35.5. The van der Waals surface area contributed by atoms with Gasteiger partial charge in [0.1, 0.15) is 6.61 Å². The Bertz CT molecular complexity index is 1220. The molecule has 1 heterocycles. The molecule has 0 saturated heterocycles. The second-order valence-corrected chi connectivity index (χ2v) is 13.5. The maximum atomic E-state index is 11.8. The summed E-state index contributed by atoms with van der Waals surface area (Å²) in [6.07, 6.45) is 3.73. The van der Waals surface area contributed by atoms with Crippen LogP contribution in [0.15, 0.2) is 91.1 Å². The number of rotatable bonds is 19. The highest BCUT2D eigenvalue weighted by atomic mass is 32.2. The molecule has 0 aliphatic carbocycles. The van der Waals surface area contributed by atoms with E-state index >= 15 is 0 Å². The predicted molar refractivity (Wildman–Crippen MR) is 174 cm³/mol. The van der Waals surface area contributed by atoms with Gasteiger partial charge in [0, 0.05) is 59.5 Å². The van der Waals surface area contributed by atoms with E-state index in [9.17, 15) is 19.2 Å². The highest BCUT2D eigenvalue weighted by molar-refractivity contribution is 8.05. The van der Waals surface area contributed by atoms with Gasteiger partial charge in [-0.05, 0) is 55.7 Å². The summed E-state index contributed by atoms with van der Waals surface area (Å²) >= 11 is 6.99. The van der Waals surface area contributed by atoms with E-state index in [0.717, 1.165) is 35.0 Å². The summed E-state index contributed by atoms with van der Waals surface area (Å²) in [5.41, 5.74) is 0. The van der Waals surface area contributed by atoms with E-state index < -0.39 is 18.0 Å². The standard InChI is InChI=1S/C31H35NO8S4/c1-3-28(33)37-14-5-8-30(35)38-15-6-18-41-22-9-11-24-26(20-22)43-25-12-10-23(21-27(25)44-24)42-19-7-16-40-31(36)32-13-17-39-29(34)4-2/h3-4,9-12,20-21H,1-2,5-8,13-19H2,(H,32,36). The zero-order chi connectivity index (χ0) is 31.6. The zero-order valence-electron chi connectivity index (χ0n) is 24.2. The third-order valence-electron chi connectivity index (χ3n) is 5.60. The number of thioether (sulfide) groups is 2. The van der Waals surface area contributed by atoms with Crippen molar-refractivity contribution in [3.05, 3.63) is 61.7 Å². The van der Waals surface area contributed by atoms with E-state index in [0.29, 0.717) is 26.1 Å². The molecule has 0 unspecified atom stereocenters. The number of hydrogen-bond acceptors (Lipinski definition) is 12. The van der Waals surface area contributed by atoms with E-state index in [2.05, 4.69) is 54.9 Å². The molecule has 0 fully saturated rings. The van der Waals surface area contributed by atoms with E-state index in [4.69, 9.17) is 18.9 Å². The molecule has 1 N–H and O–H groups in total. The van der Waals surface area contributed by atoms with Gasteiger partial charge in [0.25, 0.3) is 0 Å². The van der Waals surface area contributed by atoms with Crippen LogP contribution < -0.4 is 5.32 Å². The third kappa shape index (κ3) is 13.3. The van der Waals surface area contributed by atoms with Crippen molar-refractivity contribution in [3.8, 4) is 0 Å². The molecule has 13 heteroatoms. The average molecular weight is 678 g/mol. The molecule has 0 bridgehead atoms. The molecule has 0 aromatic heterocycles. The van der Waals surface area contributed by atoms with E-state index in [-0.39, 0.29) is 32.1 Å². The van der Waals surface area contributed by atoms with Gasteiger partial charge < -0.3 is 24.3 Å². The smallest absolute Gasteiger partial charge is 0.407 e. The summed E-state index contributed by atoms with van der Waals surface area (Å²) < 4.78 is 20.1. The zero-order valence-corrected chi connectivity index (χ0v) is 27.5. The number of esters is 3. The fourth-order valence-corrected chi connectivity index (χ4v) is 7.66. The number of carbonyl (C=O) groups excluding carboxylic acids is 4. The van der Waals surface area contributed by atoms with Gasteiger partial charge in [0.15, 0.2) is 0 Å². The molecular weight excluding hydrogens is 643 g/mol. The molecular formula is C31H35NO8S4. The van der Waals surface area contributed by atoms with Crippen LogP contribution in [0.4, 0.5) is 4.79 Å². The summed E-state index contributed by atoms with van der Waals surface area (Å²) in [4.78, 5) is 52.7. The topological polar surface area (TPSA) is 117 Å². The van der Waals surface area contributed by atoms with Crippen molar-refractivity contribution in [2.24, 2.45) is 0 Å². The van der Waals surface area contributed by atoms with Crippen molar-refractivity contribution in [1.82, 2.24) is 5.32 Å². The van der Waals surface area contributed by atoms with E-state index in [1.807, 2.05) is 0 Å². The van der Waals surface area contributed by atoms with E-state index in [1.54, 1.807) is 47.0 Å². The fourth-order valence-electron chi connectivity index (χ4n) is 3.51. The van der Waals surface area contributed by atoms with Crippen LogP contribution in [0.1, 0.15) is 25.7 Å². The van der Waals surface area contributed by atoms with Gasteiger partial charge in [-0.15, -0.1) is 23.5 Å². The van der Waals surface area contributed by atoms with Crippen molar-refractivity contribution in [3.63, 3.8) is 0 Å². The number of benzene rings is 2. The van der Waals surface area contributed by atoms with Crippen LogP contribution in [-0.4, -0.2) is 68.5 Å². The minimum atomic E-state index is -0.536. The Labute approximate surface area is 274 Å². The molecule has 1 amide bonds. The molecule has 0 atom stereocenters. The molecule has 0 saturated carbocycles. The third-order valence-corrected chi connectivity index (χ3v) is 10.3. The Kier molecular flexibility index (Phi) is 16.2. The van der Waals surface area contributed by atoms with Crippen LogP contribution in [0.2, 0.25) is 0 Å². The molecule has 1 aliphatic heterocycles. The maximum Gasteiger partial charge on any atom is 0.407 e. The average Bonchev–Trinajstić information content (AvgIpc) is 3.03. The van der Waals surface area contributed by atoms with Gasteiger partial charge in [-0.25, -0.2) is 14.4 Å². The Balaban J connectivity index is 1.30. The molecule has 2 aromatic carbocycles. The lowest BCUT2D eigenvalue weighted by molar-refractivity contribution is -0.145. The first-order valence-electron chi connectivity index (χ1n) is 13.9. The molecule has 0 spiro atoms. The molecule has 2 aromatic rings. The van der Waals surface area contributed by atoms with Crippen LogP contribution >= 0.6 is 47.0 Å². The summed E-state index contributed by atoms with van der Waals surface area (Å²) in [7, 11) is 0. The van der Waals surface area contributed by atoms with Gasteiger partial charge in [-0.1, -0.05) is 36.7 Å². The quantitative estimate of drug-likeness (QED) is 0.0474. The number of fused-ring (bicyclic) bond motifs is 2. The maximum absolute atomic E-state index is 11.8. The van der Waals surface area contributed by atoms with Gasteiger partial charge in [-0.2, -0.15) is 0 Å². The van der Waals surface area contributed by atoms with Gasteiger partial charge in [-0.3, -0.25) is 4.79 Å². The first-order valence-corrected chi connectivity index (χ1v) is 17.5. The number of alkyl carbamates (subject to hydrolysis) is 1. The number of nitrogens with one attached hydrogen (secondary N) is 1. The van der Waals surface area contributed by atoms with Gasteiger partial charge in [0.2, 0.25) is 0 Å². The minimum Gasteiger partial charge on any atom is -0.466 e. The lowest BCUT2D eigenvalue weighted by Gasteiger charge is -2.19. The second-order valence-electron chi connectivity index (χ2n) is 8.96. The van der Waals surface area contributed by atoms with Crippen molar-refractivity contribution in [2.75, 3.05) is 44.5 Å². The van der Waals surface area contributed by atoms with Crippen LogP contribution in [0.5, 0.6) is 0 Å². The van der Waals surface area contributed by atoms with Crippen LogP contribution in [-0.2, 0) is 33.3 Å². The van der Waals surface area contributed by atoms with E-state index in [1.165, 1.54) is 24.5 Å². The Morgan fingerprint density at radius 1 is 0.682 bits per heavy atom. The van der Waals surface area contributed by atoms with Crippen molar-refractivity contribution in [1.29, 1.82) is 0 Å². The molecule has 1 aliphatic rings. The monoisotopic (exact) mass is 677 g/mol. The van der Waals surface area contributed by atoms with Gasteiger partial charge >= 0.3 is 24.0 Å². The summed E-state index contributed by atoms with van der Waals surface area (Å²) in [6.45, 7) is 7.71. The number of carbonyl (C=O) groups is 4. The van der Waals surface area contributed by atoms with Crippen molar-refractivity contribution in [2.45, 2.75) is 55.1 Å². The normalized spacial score (nSPS) is 11.4. The largest absolute Gasteiger partial charge is 0.466 e. The second kappa shape index (κ2) is 20.1. The molecule has 0 radical (unpaired) electrons. The molecule has 3 rings (SSSR count). The van der Waals surface area contributed by atoms with Crippen LogP contribution in [0.25, 0.3) is 0 Å². The number of hydrogen-bond donors (Lipinski definition) is 1. The van der Waals surface area contributed by atoms with Crippen LogP contribution in [0, 0.1) is 0 Å². The summed E-state index contributed by atoms with van der Waals surface area (Å²) in [5.74, 6) is 0.332. The lowest BCUT2D eigenvalue weighted by atomic mass is 10.3. The Hall–Kier alpha value is -3.00. The fraction of sp³-hybridized carbons (Fsp3) is 0.355. The summed E-state index contributed by atoms with van der Waals surface area (Å²) in [5, 5.41) is 2.53. The van der Waals surface area contributed by atoms with Crippen LogP contribution in [0.3, 0.4) is 0 Å². The molecule has 236 valence electrons. The van der Waals surface area contributed by atoms with Gasteiger partial charge in [0.05, 0.1) is 26.4 Å². The highest BCUT2D eigenvalue weighted by Crippen LogP contribution is 2.50. The number of ether oxygens (including phenoxy) is 4. The summed E-state index contributed by atoms with van der Waals surface area (Å²) in [6, 6.07) is 13.0. The van der Waals surface area contributed by atoms with Crippen molar-refractivity contribution >= 4 is 71.0 Å². The van der Waals surface area contributed by atoms with Crippen molar-refractivity contribution < 1.29 is 38.1 Å². The number of amides is 1. The minimum absolute atomic E-state index is 0.0665. The molecule has 9 nitrogen and oxygen atoms in total. The SMILES string of the molecule is C=CC(=O)OCCCC(=O)OCCCSc1ccc2c(c1)Sc1ccc(SCCCOC(=O)NCCOC(=O)C=C)cc1S2. The Morgan fingerprint density at radius 3 is 1.77 bits per heavy atom. The lowest BCUT2D eigenvalue weighted by Crippen LogP contribution is -2.28.